The average molecular weight is 499 g/mol. The van der Waals surface area contributed by atoms with E-state index in [-0.39, 0.29) is 0 Å². The van der Waals surface area contributed by atoms with Gasteiger partial charge in [0.2, 0.25) is 5.95 Å². The maximum atomic E-state index is 5.08. The van der Waals surface area contributed by atoms with Gasteiger partial charge in [-0.15, -0.1) is 0 Å². The van der Waals surface area contributed by atoms with E-state index in [1.54, 1.807) is 0 Å². The summed E-state index contributed by atoms with van der Waals surface area (Å²) in [6, 6.07) is 46.2. The normalized spacial score (nSPS) is 11.6. The van der Waals surface area contributed by atoms with Crippen molar-refractivity contribution in [1.82, 2.24) is 19.5 Å². The highest BCUT2D eigenvalue weighted by atomic mass is 15.2. The number of nitrogens with zero attached hydrogens (tertiary/aromatic N) is 4. The number of benzene rings is 6. The van der Waals surface area contributed by atoms with Gasteiger partial charge in [-0.1, -0.05) is 127 Å². The Morgan fingerprint density at radius 1 is 0.385 bits per heavy atom. The quantitative estimate of drug-likeness (QED) is 0.229. The number of hydrogen-bond donors (Lipinski definition) is 0. The first-order valence-corrected chi connectivity index (χ1v) is 13.1. The molecule has 0 aliphatic rings. The number of rotatable bonds is 3. The molecule has 4 nitrogen and oxygen atoms in total. The molecule has 2 heterocycles. The third kappa shape index (κ3) is 3.42. The molecule has 0 atom stereocenters. The first kappa shape index (κ1) is 21.7. The molecule has 0 N–H and O–H groups in total. The van der Waals surface area contributed by atoms with Crippen molar-refractivity contribution < 1.29 is 0 Å². The van der Waals surface area contributed by atoms with Crippen molar-refractivity contribution >= 4 is 43.4 Å². The van der Waals surface area contributed by atoms with E-state index in [9.17, 15) is 0 Å². The first-order chi connectivity index (χ1) is 19.3. The Morgan fingerprint density at radius 2 is 0.923 bits per heavy atom. The fourth-order valence-corrected chi connectivity index (χ4v) is 5.65. The predicted octanol–water partition coefficient (Wildman–Crippen LogP) is 8.61. The molecule has 0 saturated heterocycles. The van der Waals surface area contributed by atoms with Crippen molar-refractivity contribution in [1.29, 1.82) is 0 Å². The van der Waals surface area contributed by atoms with Gasteiger partial charge in [-0.05, 0) is 22.2 Å². The number of para-hydroxylation sites is 1. The van der Waals surface area contributed by atoms with Gasteiger partial charge in [0.15, 0.2) is 11.6 Å². The lowest BCUT2D eigenvalue weighted by Gasteiger charge is -2.12. The number of aromatic nitrogens is 4. The van der Waals surface area contributed by atoms with Gasteiger partial charge in [0.1, 0.15) is 0 Å². The zero-order valence-corrected chi connectivity index (χ0v) is 21.0. The van der Waals surface area contributed by atoms with E-state index in [1.165, 1.54) is 32.3 Å². The minimum atomic E-state index is 0.606. The van der Waals surface area contributed by atoms with Gasteiger partial charge >= 0.3 is 0 Å². The van der Waals surface area contributed by atoms with Crippen LogP contribution in [0, 0.1) is 0 Å². The van der Waals surface area contributed by atoms with Crippen LogP contribution in [0.3, 0.4) is 0 Å². The van der Waals surface area contributed by atoms with Crippen LogP contribution < -0.4 is 0 Å². The van der Waals surface area contributed by atoms with Gasteiger partial charge in [-0.25, -0.2) is 4.98 Å². The monoisotopic (exact) mass is 498 g/mol. The maximum Gasteiger partial charge on any atom is 0.238 e. The molecule has 0 saturated carbocycles. The highest BCUT2D eigenvalue weighted by Gasteiger charge is 2.19. The van der Waals surface area contributed by atoms with Crippen LogP contribution in [0.1, 0.15) is 0 Å². The Kier molecular flexibility index (Phi) is 4.79. The topological polar surface area (TPSA) is 43.6 Å². The molecule has 4 heteroatoms. The fourth-order valence-electron chi connectivity index (χ4n) is 5.65. The van der Waals surface area contributed by atoms with Gasteiger partial charge in [0.05, 0.1) is 11.0 Å². The van der Waals surface area contributed by atoms with Gasteiger partial charge in [0.25, 0.3) is 0 Å². The third-order valence-corrected chi connectivity index (χ3v) is 7.44. The molecule has 0 spiro atoms. The fraction of sp³-hybridized carbons (Fsp3) is 0. The average Bonchev–Trinajstić information content (AvgIpc) is 3.36. The number of fused-ring (bicyclic) bond motifs is 7. The van der Waals surface area contributed by atoms with Crippen LogP contribution in [0.5, 0.6) is 0 Å². The molecule has 0 unspecified atom stereocenters. The molecular weight excluding hydrogens is 476 g/mol. The largest absolute Gasteiger partial charge is 0.277 e. The minimum absolute atomic E-state index is 0.606. The van der Waals surface area contributed by atoms with E-state index in [0.29, 0.717) is 17.6 Å². The predicted molar refractivity (Wildman–Crippen MR) is 160 cm³/mol. The van der Waals surface area contributed by atoms with E-state index in [1.807, 2.05) is 60.7 Å². The second-order valence-electron chi connectivity index (χ2n) is 9.71. The molecule has 8 rings (SSSR count). The number of hydrogen-bond acceptors (Lipinski definition) is 3. The van der Waals surface area contributed by atoms with E-state index < -0.39 is 0 Å². The van der Waals surface area contributed by atoms with E-state index >= 15 is 0 Å². The summed E-state index contributed by atoms with van der Waals surface area (Å²) >= 11 is 0. The third-order valence-electron chi connectivity index (χ3n) is 7.44. The molecule has 0 aliphatic carbocycles. The zero-order chi connectivity index (χ0) is 25.8. The summed E-state index contributed by atoms with van der Waals surface area (Å²) in [5, 5.41) is 7.20. The van der Waals surface area contributed by atoms with Crippen LogP contribution in [0.15, 0.2) is 133 Å². The lowest BCUT2D eigenvalue weighted by Crippen LogP contribution is -2.06. The Bertz CT molecular complexity index is 2110. The van der Waals surface area contributed by atoms with Gasteiger partial charge in [0, 0.05) is 27.3 Å². The molecule has 39 heavy (non-hydrogen) atoms. The Morgan fingerprint density at radius 3 is 1.64 bits per heavy atom. The molecule has 0 radical (unpaired) electrons. The van der Waals surface area contributed by atoms with Gasteiger partial charge in [-0.3, -0.25) is 4.57 Å². The smallest absolute Gasteiger partial charge is 0.238 e. The summed E-state index contributed by atoms with van der Waals surface area (Å²) in [5.74, 6) is 1.90. The zero-order valence-electron chi connectivity index (χ0n) is 21.0. The first-order valence-electron chi connectivity index (χ1n) is 13.1. The van der Waals surface area contributed by atoms with Crippen LogP contribution in [0.2, 0.25) is 0 Å². The lowest BCUT2D eigenvalue weighted by molar-refractivity contribution is 0.955. The lowest BCUT2D eigenvalue weighted by atomic mass is 9.99. The summed E-state index contributed by atoms with van der Waals surface area (Å²) in [5.41, 5.74) is 4.07. The van der Waals surface area contributed by atoms with Crippen LogP contribution in [0.25, 0.3) is 72.1 Å². The van der Waals surface area contributed by atoms with Crippen molar-refractivity contribution in [2.24, 2.45) is 0 Å². The second-order valence-corrected chi connectivity index (χ2v) is 9.71. The van der Waals surface area contributed by atoms with Crippen LogP contribution in [0.4, 0.5) is 0 Å². The summed E-state index contributed by atoms with van der Waals surface area (Å²) in [4.78, 5) is 15.1. The standard InChI is InChI=1S/C35H22N4/c1-3-12-24(13-4-1)33-36-34(25-14-5-2-6-15-25)38-35(37-33)39-31-18-10-9-17-28(31)30-22-21-27-26-16-8-7-11-23(26)19-20-29(27)32(30)39/h1-22H. The maximum absolute atomic E-state index is 5.08. The Balaban J connectivity index is 1.52. The molecule has 8 aromatic rings. The summed E-state index contributed by atoms with van der Waals surface area (Å²) in [6.45, 7) is 0. The van der Waals surface area contributed by atoms with Crippen molar-refractivity contribution in [3.05, 3.63) is 133 Å². The molecule has 0 aliphatic heterocycles. The van der Waals surface area contributed by atoms with Crippen LogP contribution in [-0.2, 0) is 0 Å². The molecule has 0 amide bonds. The van der Waals surface area contributed by atoms with Crippen molar-refractivity contribution in [3.63, 3.8) is 0 Å². The molecule has 182 valence electrons. The highest BCUT2D eigenvalue weighted by molar-refractivity contribution is 6.22. The van der Waals surface area contributed by atoms with Crippen LogP contribution in [-0.4, -0.2) is 19.5 Å². The van der Waals surface area contributed by atoms with Gasteiger partial charge < -0.3 is 0 Å². The second kappa shape index (κ2) is 8.61. The van der Waals surface area contributed by atoms with Gasteiger partial charge in [-0.2, -0.15) is 9.97 Å². The molecular formula is C35H22N4. The molecule has 0 bridgehead atoms. The summed E-state index contributed by atoms with van der Waals surface area (Å²) < 4.78 is 2.21. The van der Waals surface area contributed by atoms with E-state index in [4.69, 9.17) is 15.0 Å². The minimum Gasteiger partial charge on any atom is -0.277 e. The summed E-state index contributed by atoms with van der Waals surface area (Å²) in [6.07, 6.45) is 0. The van der Waals surface area contributed by atoms with Crippen molar-refractivity contribution in [2.75, 3.05) is 0 Å². The van der Waals surface area contributed by atoms with E-state index in [2.05, 4.69) is 77.4 Å². The Labute approximate surface area is 224 Å². The molecule has 2 aromatic heterocycles. The molecule has 0 fully saturated rings. The molecule has 6 aromatic carbocycles. The van der Waals surface area contributed by atoms with Crippen LogP contribution >= 0.6 is 0 Å². The van der Waals surface area contributed by atoms with E-state index in [0.717, 1.165) is 22.2 Å². The highest BCUT2D eigenvalue weighted by Crippen LogP contribution is 2.38. The van der Waals surface area contributed by atoms with Crippen molar-refractivity contribution in [2.45, 2.75) is 0 Å². The SMILES string of the molecule is c1ccc(-c2nc(-c3ccccc3)nc(-n3c4ccccc4c4ccc5c6ccccc6ccc5c43)n2)cc1. The summed E-state index contributed by atoms with van der Waals surface area (Å²) in [7, 11) is 0. The Hall–Kier alpha value is -5.35. The van der Waals surface area contributed by atoms with Crippen molar-refractivity contribution in [3.8, 4) is 28.7 Å².